The van der Waals surface area contributed by atoms with E-state index in [4.69, 9.17) is 9.72 Å². The predicted octanol–water partition coefficient (Wildman–Crippen LogP) is 4.53. The van der Waals surface area contributed by atoms with Crippen LogP contribution in [0.25, 0.3) is 21.9 Å². The van der Waals surface area contributed by atoms with E-state index in [1.165, 1.54) is 11.8 Å². The highest BCUT2D eigenvalue weighted by molar-refractivity contribution is 8.00. The third-order valence-corrected chi connectivity index (χ3v) is 5.73. The fourth-order valence-corrected chi connectivity index (χ4v) is 4.27. The number of ketones is 1. The fraction of sp³-hybridized carbons (Fsp3) is 0.238. The summed E-state index contributed by atoms with van der Waals surface area (Å²) in [5.41, 5.74) is 3.70. The second-order valence-corrected chi connectivity index (χ2v) is 7.71. The van der Waals surface area contributed by atoms with Crippen LogP contribution >= 0.6 is 11.8 Å². The maximum Gasteiger partial charge on any atom is 0.178 e. The number of Topliss-reactive ketones (excluding diaryl/α,β-unsaturated/α-hetero) is 1. The summed E-state index contributed by atoms with van der Waals surface area (Å²) in [4.78, 5) is 21.0. The fourth-order valence-electron chi connectivity index (χ4n) is 3.25. The van der Waals surface area contributed by atoms with Gasteiger partial charge in [-0.05, 0) is 25.1 Å². The van der Waals surface area contributed by atoms with Gasteiger partial charge in [-0.2, -0.15) is 0 Å². The van der Waals surface area contributed by atoms with Crippen LogP contribution in [0, 0.1) is 0 Å². The number of aromatic amines is 1. The summed E-state index contributed by atoms with van der Waals surface area (Å²) >= 11 is 1.49. The number of nitrogens with zero attached hydrogens (tertiary/aromatic N) is 2. The quantitative estimate of drug-likeness (QED) is 0.379. The Morgan fingerprint density at radius 3 is 2.85 bits per heavy atom. The monoisotopic (exact) mass is 379 g/mol. The SMILES string of the molecule is COCCn1c(SC(C)C(=O)c2c[nH]c3ccccc23)nc2ccccc21. The van der Waals surface area contributed by atoms with E-state index in [0.717, 1.165) is 32.7 Å². The molecule has 1 atom stereocenters. The molecule has 0 aliphatic heterocycles. The number of methoxy groups -OCH3 is 1. The van der Waals surface area contributed by atoms with Crippen molar-refractivity contribution in [1.29, 1.82) is 0 Å². The van der Waals surface area contributed by atoms with E-state index >= 15 is 0 Å². The second kappa shape index (κ2) is 7.58. The molecule has 4 aromatic rings. The van der Waals surface area contributed by atoms with Gasteiger partial charge in [0.2, 0.25) is 0 Å². The van der Waals surface area contributed by atoms with Gasteiger partial charge in [0, 0.05) is 36.3 Å². The molecule has 0 saturated carbocycles. The zero-order valence-electron chi connectivity index (χ0n) is 15.3. The lowest BCUT2D eigenvalue weighted by Gasteiger charge is -2.12. The average molecular weight is 379 g/mol. The molecule has 0 amide bonds. The molecule has 0 spiro atoms. The zero-order valence-corrected chi connectivity index (χ0v) is 16.1. The summed E-state index contributed by atoms with van der Waals surface area (Å²) in [6, 6.07) is 15.9. The van der Waals surface area contributed by atoms with E-state index < -0.39 is 0 Å². The summed E-state index contributed by atoms with van der Waals surface area (Å²) in [7, 11) is 1.69. The predicted molar refractivity (Wildman–Crippen MR) is 110 cm³/mol. The van der Waals surface area contributed by atoms with Crippen molar-refractivity contribution in [2.75, 3.05) is 13.7 Å². The zero-order chi connectivity index (χ0) is 18.8. The first kappa shape index (κ1) is 17.8. The van der Waals surface area contributed by atoms with Crippen LogP contribution in [0.4, 0.5) is 0 Å². The Hall–Kier alpha value is -2.57. The molecule has 0 bridgehead atoms. The molecule has 27 heavy (non-hydrogen) atoms. The first-order chi connectivity index (χ1) is 13.2. The largest absolute Gasteiger partial charge is 0.383 e. The van der Waals surface area contributed by atoms with Crippen LogP contribution in [0.5, 0.6) is 0 Å². The number of hydrogen-bond donors (Lipinski definition) is 1. The summed E-state index contributed by atoms with van der Waals surface area (Å²) in [5.74, 6) is 0.0998. The van der Waals surface area contributed by atoms with E-state index in [0.29, 0.717) is 13.2 Å². The number of hydrogen-bond acceptors (Lipinski definition) is 4. The van der Waals surface area contributed by atoms with Crippen molar-refractivity contribution in [3.05, 3.63) is 60.3 Å². The number of benzene rings is 2. The third kappa shape index (κ3) is 3.38. The van der Waals surface area contributed by atoms with Crippen LogP contribution < -0.4 is 0 Å². The second-order valence-electron chi connectivity index (χ2n) is 6.40. The van der Waals surface area contributed by atoms with Crippen molar-refractivity contribution in [3.63, 3.8) is 0 Å². The molecule has 5 nitrogen and oxygen atoms in total. The van der Waals surface area contributed by atoms with Gasteiger partial charge in [-0.3, -0.25) is 4.79 Å². The molecule has 1 N–H and O–H groups in total. The summed E-state index contributed by atoms with van der Waals surface area (Å²) in [5, 5.41) is 1.55. The first-order valence-electron chi connectivity index (χ1n) is 8.90. The normalized spacial score (nSPS) is 12.7. The maximum absolute atomic E-state index is 13.1. The molecule has 4 rings (SSSR count). The van der Waals surface area contributed by atoms with Gasteiger partial charge in [0.15, 0.2) is 10.9 Å². The molecule has 0 aliphatic carbocycles. The smallest absolute Gasteiger partial charge is 0.178 e. The van der Waals surface area contributed by atoms with Crippen molar-refractivity contribution in [2.24, 2.45) is 0 Å². The Balaban J connectivity index is 1.64. The minimum Gasteiger partial charge on any atom is -0.383 e. The molecule has 0 radical (unpaired) electrons. The summed E-state index contributed by atoms with van der Waals surface area (Å²) in [6.07, 6.45) is 1.80. The lowest BCUT2D eigenvalue weighted by Crippen LogP contribution is -2.15. The Labute approximate surface area is 161 Å². The van der Waals surface area contributed by atoms with Gasteiger partial charge < -0.3 is 14.3 Å². The van der Waals surface area contributed by atoms with Gasteiger partial charge in [0.05, 0.1) is 22.9 Å². The maximum atomic E-state index is 13.1. The van der Waals surface area contributed by atoms with E-state index in [9.17, 15) is 4.79 Å². The summed E-state index contributed by atoms with van der Waals surface area (Å²) < 4.78 is 7.38. The van der Waals surface area contributed by atoms with Gasteiger partial charge >= 0.3 is 0 Å². The number of nitrogens with one attached hydrogen (secondary N) is 1. The number of H-pyrrole nitrogens is 1. The highest BCUT2D eigenvalue weighted by Crippen LogP contribution is 2.30. The van der Waals surface area contributed by atoms with Crippen LogP contribution in [0.2, 0.25) is 0 Å². The molecule has 0 fully saturated rings. The Bertz CT molecular complexity index is 1100. The van der Waals surface area contributed by atoms with Gasteiger partial charge in [-0.15, -0.1) is 0 Å². The number of rotatable bonds is 7. The lowest BCUT2D eigenvalue weighted by molar-refractivity contribution is 0.0995. The van der Waals surface area contributed by atoms with Gasteiger partial charge in [-0.25, -0.2) is 4.98 Å². The molecular formula is C21H21N3O2S. The van der Waals surface area contributed by atoms with Crippen molar-refractivity contribution >= 4 is 39.5 Å². The molecule has 2 aromatic heterocycles. The van der Waals surface area contributed by atoms with E-state index in [1.807, 2.05) is 55.5 Å². The Morgan fingerprint density at radius 2 is 2.00 bits per heavy atom. The van der Waals surface area contributed by atoms with Crippen LogP contribution in [0.15, 0.2) is 59.9 Å². The number of carbonyl (C=O) groups is 1. The lowest BCUT2D eigenvalue weighted by atomic mass is 10.1. The standard InChI is InChI=1S/C21H21N3O2S/c1-14(20(25)16-13-22-17-8-4-3-7-15(16)17)27-21-23-18-9-5-6-10-19(18)24(21)11-12-26-2/h3-10,13-14,22H,11-12H2,1-2H3. The van der Waals surface area contributed by atoms with Crippen LogP contribution in [-0.4, -0.2) is 39.3 Å². The van der Waals surface area contributed by atoms with Crippen LogP contribution in [0.1, 0.15) is 17.3 Å². The number of fused-ring (bicyclic) bond motifs is 2. The molecule has 0 saturated heterocycles. The molecular weight excluding hydrogens is 358 g/mol. The van der Waals surface area contributed by atoms with Gasteiger partial charge in [0.1, 0.15) is 0 Å². The van der Waals surface area contributed by atoms with E-state index in [1.54, 1.807) is 13.3 Å². The Kier molecular flexibility index (Phi) is 5.01. The average Bonchev–Trinajstić information content (AvgIpc) is 3.27. The van der Waals surface area contributed by atoms with Crippen molar-refractivity contribution < 1.29 is 9.53 Å². The number of carbonyl (C=O) groups excluding carboxylic acids is 1. The first-order valence-corrected chi connectivity index (χ1v) is 9.78. The number of para-hydroxylation sites is 3. The highest BCUT2D eigenvalue weighted by atomic mass is 32.2. The van der Waals surface area contributed by atoms with Gasteiger partial charge in [0.25, 0.3) is 0 Å². The molecule has 2 aromatic carbocycles. The molecule has 2 heterocycles. The van der Waals surface area contributed by atoms with Gasteiger partial charge in [-0.1, -0.05) is 42.1 Å². The number of aromatic nitrogens is 3. The van der Waals surface area contributed by atoms with E-state index in [-0.39, 0.29) is 11.0 Å². The Morgan fingerprint density at radius 1 is 1.22 bits per heavy atom. The third-order valence-electron chi connectivity index (χ3n) is 4.64. The minimum atomic E-state index is -0.248. The molecule has 6 heteroatoms. The molecule has 0 aliphatic rings. The highest BCUT2D eigenvalue weighted by Gasteiger charge is 2.22. The van der Waals surface area contributed by atoms with Crippen molar-refractivity contribution in [1.82, 2.24) is 14.5 Å². The minimum absolute atomic E-state index is 0.0998. The number of thioether (sulfide) groups is 1. The van der Waals surface area contributed by atoms with Crippen LogP contribution in [0.3, 0.4) is 0 Å². The van der Waals surface area contributed by atoms with Crippen LogP contribution in [-0.2, 0) is 11.3 Å². The number of imidazole rings is 1. The summed E-state index contributed by atoms with van der Waals surface area (Å²) in [6.45, 7) is 3.24. The van der Waals surface area contributed by atoms with E-state index in [2.05, 4.69) is 9.55 Å². The molecule has 138 valence electrons. The topological polar surface area (TPSA) is 59.9 Å². The molecule has 1 unspecified atom stereocenters. The van der Waals surface area contributed by atoms with Crippen molar-refractivity contribution in [2.45, 2.75) is 23.9 Å². The van der Waals surface area contributed by atoms with Crippen molar-refractivity contribution in [3.8, 4) is 0 Å². The number of ether oxygens (including phenoxy) is 1.